The van der Waals surface area contributed by atoms with Crippen molar-refractivity contribution in [2.45, 2.75) is 19.4 Å². The lowest BCUT2D eigenvalue weighted by Crippen LogP contribution is -2.14. The van der Waals surface area contributed by atoms with Gasteiger partial charge >= 0.3 is 0 Å². The summed E-state index contributed by atoms with van der Waals surface area (Å²) >= 11 is 0. The summed E-state index contributed by atoms with van der Waals surface area (Å²) in [4.78, 5) is 11.9. The van der Waals surface area contributed by atoms with Crippen LogP contribution in [0.3, 0.4) is 0 Å². The summed E-state index contributed by atoms with van der Waals surface area (Å²) in [5.41, 5.74) is 8.59. The minimum Gasteiger partial charge on any atom is -0.385 e. The number of pyridine rings is 1. The number of aromatic nitrogens is 3. The van der Waals surface area contributed by atoms with Gasteiger partial charge in [-0.15, -0.1) is 0 Å². The molecule has 0 aliphatic rings. The lowest BCUT2D eigenvalue weighted by Gasteiger charge is -2.06. The summed E-state index contributed by atoms with van der Waals surface area (Å²) in [6, 6.07) is 3.79. The van der Waals surface area contributed by atoms with Crippen LogP contribution >= 0.6 is 0 Å². The summed E-state index contributed by atoms with van der Waals surface area (Å²) in [7, 11) is 1.66. The highest BCUT2D eigenvalue weighted by Gasteiger charge is 2.11. The predicted molar refractivity (Wildman–Crippen MR) is 62.0 cm³/mol. The average Bonchev–Trinajstić information content (AvgIpc) is 2.68. The molecule has 3 N–H and O–H groups in total. The van der Waals surface area contributed by atoms with Gasteiger partial charge in [-0.25, -0.2) is 9.97 Å². The third-order valence-corrected chi connectivity index (χ3v) is 2.49. The number of nitrogens with zero attached hydrogens (tertiary/aromatic N) is 2. The molecule has 5 nitrogen and oxygen atoms in total. The van der Waals surface area contributed by atoms with E-state index >= 15 is 0 Å². The number of nitrogens with one attached hydrogen (secondary N) is 1. The number of aromatic amines is 1. The standard InChI is InChI=1S/C11H16N4O/c1-7-3-4-9-11(13-7)15-10(14-9)8(12)5-6-16-2/h3-4,8H,5-6,12H2,1-2H3,(H,13,14,15). The highest BCUT2D eigenvalue weighted by atomic mass is 16.5. The molecular weight excluding hydrogens is 204 g/mol. The lowest BCUT2D eigenvalue weighted by molar-refractivity contribution is 0.187. The number of aryl methyl sites for hydroxylation is 1. The van der Waals surface area contributed by atoms with Crippen molar-refractivity contribution in [2.24, 2.45) is 5.73 Å². The third kappa shape index (κ3) is 2.20. The molecule has 1 atom stereocenters. The van der Waals surface area contributed by atoms with E-state index in [1.165, 1.54) is 0 Å². The summed E-state index contributed by atoms with van der Waals surface area (Å²) in [6.07, 6.45) is 0.745. The normalized spacial score (nSPS) is 13.2. The van der Waals surface area contributed by atoms with E-state index < -0.39 is 0 Å². The van der Waals surface area contributed by atoms with E-state index in [-0.39, 0.29) is 6.04 Å². The number of nitrogens with two attached hydrogens (primary N) is 1. The molecule has 0 aromatic carbocycles. The Kier molecular flexibility index (Phi) is 3.17. The van der Waals surface area contributed by atoms with Gasteiger partial charge in [-0.1, -0.05) is 0 Å². The molecule has 0 aliphatic carbocycles. The number of ether oxygens (including phenoxy) is 1. The molecule has 1 unspecified atom stereocenters. The van der Waals surface area contributed by atoms with Crippen molar-refractivity contribution < 1.29 is 4.74 Å². The van der Waals surface area contributed by atoms with Gasteiger partial charge in [-0.2, -0.15) is 0 Å². The molecule has 2 rings (SSSR count). The van der Waals surface area contributed by atoms with E-state index in [0.29, 0.717) is 6.61 Å². The van der Waals surface area contributed by atoms with Crippen LogP contribution in [0.2, 0.25) is 0 Å². The Balaban J connectivity index is 2.25. The molecule has 2 aromatic heterocycles. The summed E-state index contributed by atoms with van der Waals surface area (Å²) in [6.45, 7) is 2.57. The summed E-state index contributed by atoms with van der Waals surface area (Å²) in [5, 5.41) is 0. The van der Waals surface area contributed by atoms with Gasteiger partial charge in [-0.05, 0) is 25.5 Å². The smallest absolute Gasteiger partial charge is 0.177 e. The first-order valence-electron chi connectivity index (χ1n) is 5.28. The quantitative estimate of drug-likeness (QED) is 0.814. The number of methoxy groups -OCH3 is 1. The SMILES string of the molecule is COCCC(N)c1nc2nc(C)ccc2[nH]1. The largest absolute Gasteiger partial charge is 0.385 e. The maximum Gasteiger partial charge on any atom is 0.177 e. The van der Waals surface area contributed by atoms with Crippen LogP contribution in [0.4, 0.5) is 0 Å². The Morgan fingerprint density at radius 1 is 1.44 bits per heavy atom. The Bertz CT molecular complexity index is 480. The Morgan fingerprint density at radius 3 is 3.00 bits per heavy atom. The van der Waals surface area contributed by atoms with Crippen molar-refractivity contribution in [1.29, 1.82) is 0 Å². The number of hydrogen-bond acceptors (Lipinski definition) is 4. The molecule has 5 heteroatoms. The van der Waals surface area contributed by atoms with Crippen molar-refractivity contribution in [3.8, 4) is 0 Å². The molecule has 0 aliphatic heterocycles. The number of imidazole rings is 1. The van der Waals surface area contributed by atoms with Crippen LogP contribution in [0.5, 0.6) is 0 Å². The van der Waals surface area contributed by atoms with Crippen LogP contribution in [-0.4, -0.2) is 28.7 Å². The first-order chi connectivity index (χ1) is 7.70. The first kappa shape index (κ1) is 11.0. The fourth-order valence-corrected chi connectivity index (χ4v) is 1.56. The van der Waals surface area contributed by atoms with Crippen LogP contribution in [-0.2, 0) is 4.74 Å². The monoisotopic (exact) mass is 220 g/mol. The van der Waals surface area contributed by atoms with E-state index in [1.807, 2.05) is 19.1 Å². The summed E-state index contributed by atoms with van der Waals surface area (Å²) < 4.78 is 4.99. The first-order valence-corrected chi connectivity index (χ1v) is 5.28. The van der Waals surface area contributed by atoms with E-state index in [2.05, 4.69) is 15.0 Å². The Morgan fingerprint density at radius 2 is 2.25 bits per heavy atom. The van der Waals surface area contributed by atoms with Gasteiger partial charge in [0.1, 0.15) is 5.82 Å². The third-order valence-electron chi connectivity index (χ3n) is 2.49. The van der Waals surface area contributed by atoms with Gasteiger partial charge in [0.2, 0.25) is 0 Å². The topological polar surface area (TPSA) is 76.8 Å². The molecule has 16 heavy (non-hydrogen) atoms. The zero-order chi connectivity index (χ0) is 11.5. The minimum absolute atomic E-state index is 0.130. The summed E-state index contributed by atoms with van der Waals surface area (Å²) in [5.74, 6) is 0.769. The number of H-pyrrole nitrogens is 1. The van der Waals surface area contributed by atoms with Gasteiger partial charge < -0.3 is 15.5 Å². The number of rotatable bonds is 4. The van der Waals surface area contributed by atoms with Crippen molar-refractivity contribution in [3.05, 3.63) is 23.7 Å². The van der Waals surface area contributed by atoms with Gasteiger partial charge in [-0.3, -0.25) is 0 Å². The molecule has 0 saturated carbocycles. The van der Waals surface area contributed by atoms with Crippen molar-refractivity contribution >= 4 is 11.2 Å². The highest BCUT2D eigenvalue weighted by molar-refractivity contribution is 5.70. The molecule has 0 bridgehead atoms. The van der Waals surface area contributed by atoms with Crippen LogP contribution in [0, 0.1) is 6.92 Å². The van der Waals surface area contributed by atoms with Crippen LogP contribution in [0.15, 0.2) is 12.1 Å². The lowest BCUT2D eigenvalue weighted by atomic mass is 10.2. The zero-order valence-electron chi connectivity index (χ0n) is 9.53. The van der Waals surface area contributed by atoms with Crippen molar-refractivity contribution in [1.82, 2.24) is 15.0 Å². The van der Waals surface area contributed by atoms with E-state index in [9.17, 15) is 0 Å². The molecule has 0 radical (unpaired) electrons. The maximum atomic E-state index is 5.98. The van der Waals surface area contributed by atoms with Gasteiger partial charge in [0.05, 0.1) is 11.6 Å². The van der Waals surface area contributed by atoms with E-state index in [0.717, 1.165) is 29.1 Å². The van der Waals surface area contributed by atoms with E-state index in [1.54, 1.807) is 7.11 Å². The molecule has 2 heterocycles. The van der Waals surface area contributed by atoms with Crippen LogP contribution < -0.4 is 5.73 Å². The molecular formula is C11H16N4O. The fourth-order valence-electron chi connectivity index (χ4n) is 1.56. The second-order valence-electron chi connectivity index (χ2n) is 3.83. The second kappa shape index (κ2) is 4.59. The second-order valence-corrected chi connectivity index (χ2v) is 3.83. The zero-order valence-corrected chi connectivity index (χ0v) is 9.53. The van der Waals surface area contributed by atoms with Crippen LogP contribution in [0.1, 0.15) is 24.0 Å². The highest BCUT2D eigenvalue weighted by Crippen LogP contribution is 2.15. The van der Waals surface area contributed by atoms with Crippen molar-refractivity contribution in [3.63, 3.8) is 0 Å². The Labute approximate surface area is 94.0 Å². The van der Waals surface area contributed by atoms with Gasteiger partial charge in [0.15, 0.2) is 5.65 Å². The minimum atomic E-state index is -0.130. The van der Waals surface area contributed by atoms with Crippen molar-refractivity contribution in [2.75, 3.05) is 13.7 Å². The number of hydrogen-bond donors (Lipinski definition) is 2. The van der Waals surface area contributed by atoms with Gasteiger partial charge in [0, 0.05) is 19.4 Å². The van der Waals surface area contributed by atoms with E-state index in [4.69, 9.17) is 10.5 Å². The molecule has 2 aromatic rings. The molecule has 0 saturated heterocycles. The number of fused-ring (bicyclic) bond motifs is 1. The fraction of sp³-hybridized carbons (Fsp3) is 0.455. The predicted octanol–water partition coefficient (Wildman–Crippen LogP) is 1.30. The average molecular weight is 220 g/mol. The van der Waals surface area contributed by atoms with Gasteiger partial charge in [0.25, 0.3) is 0 Å². The molecule has 86 valence electrons. The maximum absolute atomic E-state index is 5.98. The molecule has 0 amide bonds. The Hall–Kier alpha value is -1.46. The molecule has 0 fully saturated rings. The molecule has 0 spiro atoms. The van der Waals surface area contributed by atoms with Crippen LogP contribution in [0.25, 0.3) is 11.2 Å².